The van der Waals surface area contributed by atoms with Crippen LogP contribution in [0.3, 0.4) is 0 Å². The van der Waals surface area contributed by atoms with Gasteiger partial charge in [0.05, 0.1) is 5.56 Å². The Bertz CT molecular complexity index is 528. The molecule has 1 aromatic carbocycles. The van der Waals surface area contributed by atoms with Crippen molar-refractivity contribution in [2.75, 3.05) is 13.2 Å². The first-order valence-corrected chi connectivity index (χ1v) is 6.48. The Morgan fingerprint density at radius 2 is 2.15 bits per heavy atom. The average Bonchev–Trinajstić information content (AvgIpc) is 3.22. The molecule has 0 saturated heterocycles. The van der Waals surface area contributed by atoms with Crippen molar-refractivity contribution in [3.63, 3.8) is 0 Å². The Hall–Kier alpha value is -2.11. The molecule has 1 fully saturated rings. The highest BCUT2D eigenvalue weighted by Crippen LogP contribution is 2.26. The summed E-state index contributed by atoms with van der Waals surface area (Å²) in [5.41, 5.74) is -0.158. The van der Waals surface area contributed by atoms with Crippen LogP contribution in [0.1, 0.15) is 30.1 Å². The van der Waals surface area contributed by atoms with E-state index in [1.54, 1.807) is 4.90 Å². The van der Waals surface area contributed by atoms with Gasteiger partial charge in [0.25, 0.3) is 5.91 Å². The summed E-state index contributed by atoms with van der Waals surface area (Å²) in [7, 11) is 0. The number of benzene rings is 1. The maximum atomic E-state index is 13.6. The fourth-order valence-electron chi connectivity index (χ4n) is 2.00. The molecule has 1 saturated carbocycles. The first kappa shape index (κ1) is 14.3. The minimum Gasteiger partial charge on any atom is -0.481 e. The van der Waals surface area contributed by atoms with E-state index in [9.17, 15) is 14.0 Å². The molecule has 6 heteroatoms. The van der Waals surface area contributed by atoms with Gasteiger partial charge in [0.15, 0.2) is 18.2 Å². The van der Waals surface area contributed by atoms with E-state index in [0.29, 0.717) is 6.54 Å². The number of likely N-dealkylation sites (N-methyl/N-ethyl adjacent to an activating group) is 1. The Kier molecular flexibility index (Phi) is 4.22. The molecule has 1 N–H and O–H groups in total. The van der Waals surface area contributed by atoms with Gasteiger partial charge in [-0.15, -0.1) is 0 Å². The lowest BCUT2D eigenvalue weighted by Crippen LogP contribution is -2.36. The summed E-state index contributed by atoms with van der Waals surface area (Å²) in [6, 6.07) is 3.62. The zero-order valence-corrected chi connectivity index (χ0v) is 11.1. The highest BCUT2D eigenvalue weighted by atomic mass is 19.1. The van der Waals surface area contributed by atoms with Gasteiger partial charge in [-0.2, -0.15) is 0 Å². The number of nitrogens with zero attached hydrogens (tertiary/aromatic N) is 1. The summed E-state index contributed by atoms with van der Waals surface area (Å²) in [4.78, 5) is 24.3. The van der Waals surface area contributed by atoms with Crippen LogP contribution in [-0.4, -0.2) is 41.1 Å². The molecule has 0 bridgehead atoms. The number of ether oxygens (including phenoxy) is 1. The summed E-state index contributed by atoms with van der Waals surface area (Å²) in [6.45, 7) is 2.25. The minimum atomic E-state index is -1.21. The van der Waals surface area contributed by atoms with Crippen LogP contribution in [0, 0.1) is 5.82 Å². The van der Waals surface area contributed by atoms with E-state index in [1.807, 2.05) is 6.92 Å². The van der Waals surface area contributed by atoms with Gasteiger partial charge in [0.2, 0.25) is 0 Å². The van der Waals surface area contributed by atoms with Gasteiger partial charge in [-0.3, -0.25) is 4.79 Å². The molecule has 0 radical (unpaired) electrons. The van der Waals surface area contributed by atoms with E-state index in [-0.39, 0.29) is 29.9 Å². The third-order valence-corrected chi connectivity index (χ3v) is 3.18. The van der Waals surface area contributed by atoms with Crippen LogP contribution in [0.2, 0.25) is 0 Å². The number of halogens is 1. The van der Waals surface area contributed by atoms with Crippen molar-refractivity contribution in [1.82, 2.24) is 4.90 Å². The van der Waals surface area contributed by atoms with Gasteiger partial charge in [-0.1, -0.05) is 0 Å². The summed E-state index contributed by atoms with van der Waals surface area (Å²) in [5.74, 6) is -2.29. The number of amides is 1. The molecule has 1 aliphatic rings. The molecule has 0 unspecified atom stereocenters. The maximum absolute atomic E-state index is 13.6. The number of hydrogen-bond donors (Lipinski definition) is 1. The van der Waals surface area contributed by atoms with Crippen molar-refractivity contribution in [1.29, 1.82) is 0 Å². The van der Waals surface area contributed by atoms with Crippen LogP contribution in [-0.2, 0) is 4.79 Å². The summed E-state index contributed by atoms with van der Waals surface area (Å²) in [5, 5.41) is 8.72. The number of aromatic carboxylic acids is 1. The fraction of sp³-hybridized carbons (Fsp3) is 0.429. The van der Waals surface area contributed by atoms with Gasteiger partial charge < -0.3 is 14.7 Å². The predicted molar refractivity (Wildman–Crippen MR) is 69.3 cm³/mol. The van der Waals surface area contributed by atoms with Gasteiger partial charge in [-0.25, -0.2) is 9.18 Å². The van der Waals surface area contributed by atoms with Crippen molar-refractivity contribution in [3.05, 3.63) is 29.6 Å². The zero-order chi connectivity index (χ0) is 14.7. The molecular weight excluding hydrogens is 265 g/mol. The molecule has 108 valence electrons. The fourth-order valence-corrected chi connectivity index (χ4v) is 2.00. The number of carbonyl (C=O) groups excluding carboxylic acids is 1. The zero-order valence-electron chi connectivity index (χ0n) is 11.1. The Morgan fingerprint density at radius 3 is 2.65 bits per heavy atom. The molecular formula is C14H16FNO4. The topological polar surface area (TPSA) is 66.8 Å². The molecule has 2 rings (SSSR count). The molecule has 5 nitrogen and oxygen atoms in total. The molecule has 1 aliphatic carbocycles. The molecule has 0 aliphatic heterocycles. The number of carboxylic acid groups (broad SMARTS) is 1. The van der Waals surface area contributed by atoms with E-state index in [2.05, 4.69) is 0 Å². The van der Waals surface area contributed by atoms with E-state index < -0.39 is 11.8 Å². The van der Waals surface area contributed by atoms with Gasteiger partial charge in [0, 0.05) is 12.6 Å². The summed E-state index contributed by atoms with van der Waals surface area (Å²) in [6.07, 6.45) is 2.00. The molecule has 1 amide bonds. The summed E-state index contributed by atoms with van der Waals surface area (Å²) < 4.78 is 18.7. The van der Waals surface area contributed by atoms with E-state index in [1.165, 1.54) is 12.1 Å². The Morgan fingerprint density at radius 1 is 1.45 bits per heavy atom. The van der Waals surface area contributed by atoms with E-state index >= 15 is 0 Å². The second kappa shape index (κ2) is 5.90. The maximum Gasteiger partial charge on any atom is 0.335 e. The first-order valence-electron chi connectivity index (χ1n) is 6.48. The van der Waals surface area contributed by atoms with Crippen molar-refractivity contribution in [3.8, 4) is 5.75 Å². The standard InChI is InChI=1S/C14H16FNO4/c1-2-16(10-4-5-10)13(17)8-20-12-6-3-9(14(18)19)7-11(12)15/h3,6-7,10H,2,4-5,8H2,1H3,(H,18,19). The van der Waals surface area contributed by atoms with Crippen LogP contribution in [0.4, 0.5) is 4.39 Å². The first-order chi connectivity index (χ1) is 9.52. The van der Waals surface area contributed by atoms with Gasteiger partial charge in [-0.05, 0) is 38.0 Å². The van der Waals surface area contributed by atoms with Crippen LogP contribution in [0.5, 0.6) is 5.75 Å². The second-order valence-corrected chi connectivity index (χ2v) is 4.65. The number of carbonyl (C=O) groups is 2. The lowest BCUT2D eigenvalue weighted by molar-refractivity contribution is -0.133. The molecule has 0 aromatic heterocycles. The van der Waals surface area contributed by atoms with Crippen molar-refractivity contribution in [2.45, 2.75) is 25.8 Å². The summed E-state index contributed by atoms with van der Waals surface area (Å²) >= 11 is 0. The predicted octanol–water partition coefficient (Wildman–Crippen LogP) is 1.91. The second-order valence-electron chi connectivity index (χ2n) is 4.65. The number of rotatable bonds is 6. The number of hydrogen-bond acceptors (Lipinski definition) is 3. The van der Waals surface area contributed by atoms with Crippen molar-refractivity contribution < 1.29 is 23.8 Å². The smallest absolute Gasteiger partial charge is 0.335 e. The minimum absolute atomic E-state index is 0.116. The molecule has 0 heterocycles. The number of carboxylic acids is 1. The third-order valence-electron chi connectivity index (χ3n) is 3.18. The van der Waals surface area contributed by atoms with E-state index in [0.717, 1.165) is 18.9 Å². The van der Waals surface area contributed by atoms with Gasteiger partial charge in [0.1, 0.15) is 0 Å². The average molecular weight is 281 g/mol. The molecule has 20 heavy (non-hydrogen) atoms. The normalized spacial score (nSPS) is 13.9. The van der Waals surface area contributed by atoms with Gasteiger partial charge >= 0.3 is 5.97 Å². The molecule has 0 spiro atoms. The van der Waals surface area contributed by atoms with Crippen LogP contribution >= 0.6 is 0 Å². The van der Waals surface area contributed by atoms with Crippen molar-refractivity contribution in [2.24, 2.45) is 0 Å². The van der Waals surface area contributed by atoms with Crippen LogP contribution in [0.15, 0.2) is 18.2 Å². The largest absolute Gasteiger partial charge is 0.481 e. The monoisotopic (exact) mass is 281 g/mol. The lowest BCUT2D eigenvalue weighted by Gasteiger charge is -2.20. The SMILES string of the molecule is CCN(C(=O)COc1ccc(C(=O)O)cc1F)C1CC1. The lowest BCUT2D eigenvalue weighted by atomic mass is 10.2. The van der Waals surface area contributed by atoms with Crippen LogP contribution in [0.25, 0.3) is 0 Å². The Labute approximate surface area is 116 Å². The van der Waals surface area contributed by atoms with E-state index in [4.69, 9.17) is 9.84 Å². The van der Waals surface area contributed by atoms with Crippen LogP contribution < -0.4 is 4.74 Å². The quantitative estimate of drug-likeness (QED) is 0.865. The Balaban J connectivity index is 1.96. The van der Waals surface area contributed by atoms with Crippen molar-refractivity contribution >= 4 is 11.9 Å². The highest BCUT2D eigenvalue weighted by molar-refractivity contribution is 5.87. The molecule has 0 atom stereocenters. The molecule has 1 aromatic rings. The highest BCUT2D eigenvalue weighted by Gasteiger charge is 2.31. The third kappa shape index (κ3) is 3.26.